The van der Waals surface area contributed by atoms with E-state index in [0.717, 1.165) is 6.07 Å². The van der Waals surface area contributed by atoms with Crippen LogP contribution in [0.3, 0.4) is 0 Å². The van der Waals surface area contributed by atoms with Crippen molar-refractivity contribution in [2.75, 3.05) is 6.54 Å². The van der Waals surface area contributed by atoms with E-state index in [0.29, 0.717) is 24.8 Å². The third-order valence-electron chi connectivity index (χ3n) is 2.78. The molecule has 6 heteroatoms. The van der Waals surface area contributed by atoms with Gasteiger partial charge in [0.15, 0.2) is 0 Å². The summed E-state index contributed by atoms with van der Waals surface area (Å²) >= 11 is 0. The van der Waals surface area contributed by atoms with Crippen LogP contribution in [0.1, 0.15) is 22.7 Å². The molecule has 1 heterocycles. The molecule has 0 fully saturated rings. The SMILES string of the molecule is O=CC1NCCc2ccc(C(F)(F)F)c(F)c21. The molecule has 17 heavy (non-hydrogen) atoms. The summed E-state index contributed by atoms with van der Waals surface area (Å²) in [6.07, 6.45) is -3.92. The van der Waals surface area contributed by atoms with Crippen LogP contribution in [0.25, 0.3) is 0 Å². The average Bonchev–Trinajstić information content (AvgIpc) is 2.27. The van der Waals surface area contributed by atoms with Gasteiger partial charge in [-0.25, -0.2) is 4.39 Å². The summed E-state index contributed by atoms with van der Waals surface area (Å²) in [6.45, 7) is 0.446. The van der Waals surface area contributed by atoms with Gasteiger partial charge in [-0.1, -0.05) is 6.07 Å². The first-order chi connectivity index (χ1) is 7.95. The standard InChI is InChI=1S/C11H9F4NO/c12-10-7(11(13,14)15)2-1-6-3-4-16-8(5-17)9(6)10/h1-2,5,8,16H,3-4H2. The molecule has 2 rings (SSSR count). The quantitative estimate of drug-likeness (QED) is 0.609. The van der Waals surface area contributed by atoms with Crippen LogP contribution in [0, 0.1) is 5.82 Å². The third kappa shape index (κ3) is 2.04. The molecule has 1 N–H and O–H groups in total. The smallest absolute Gasteiger partial charge is 0.304 e. The molecule has 1 aliphatic heterocycles. The summed E-state index contributed by atoms with van der Waals surface area (Å²) in [5.41, 5.74) is -1.06. The lowest BCUT2D eigenvalue weighted by Crippen LogP contribution is -2.32. The number of benzene rings is 1. The maximum atomic E-state index is 13.8. The van der Waals surface area contributed by atoms with Crippen LogP contribution in [-0.4, -0.2) is 12.8 Å². The second kappa shape index (κ2) is 4.10. The van der Waals surface area contributed by atoms with E-state index in [1.807, 2.05) is 0 Å². The fraction of sp³-hybridized carbons (Fsp3) is 0.364. The molecule has 0 bridgehead atoms. The predicted octanol–water partition coefficient (Wildman–Crippen LogP) is 2.23. The number of rotatable bonds is 1. The van der Waals surface area contributed by atoms with Gasteiger partial charge in [-0.05, 0) is 18.1 Å². The van der Waals surface area contributed by atoms with Crippen LogP contribution in [-0.2, 0) is 17.4 Å². The highest BCUT2D eigenvalue weighted by molar-refractivity contribution is 5.64. The normalized spacial score (nSPS) is 19.9. The van der Waals surface area contributed by atoms with Crippen molar-refractivity contribution in [1.82, 2.24) is 5.32 Å². The number of nitrogens with one attached hydrogen (secondary N) is 1. The minimum atomic E-state index is -4.75. The first kappa shape index (κ1) is 12.0. The monoisotopic (exact) mass is 247 g/mol. The molecule has 1 atom stereocenters. The van der Waals surface area contributed by atoms with Crippen LogP contribution < -0.4 is 5.32 Å². The summed E-state index contributed by atoms with van der Waals surface area (Å²) < 4.78 is 51.3. The van der Waals surface area contributed by atoms with Crippen LogP contribution in [0.4, 0.5) is 17.6 Å². The molecule has 1 aliphatic rings. The Bertz CT molecular complexity index is 456. The lowest BCUT2D eigenvalue weighted by Gasteiger charge is -2.24. The Labute approximate surface area is 94.6 Å². The topological polar surface area (TPSA) is 29.1 Å². The maximum Gasteiger partial charge on any atom is 0.419 e. The van der Waals surface area contributed by atoms with E-state index in [1.54, 1.807) is 0 Å². The molecule has 2 nitrogen and oxygen atoms in total. The molecule has 0 spiro atoms. The van der Waals surface area contributed by atoms with Crippen molar-refractivity contribution in [1.29, 1.82) is 0 Å². The molecule has 0 saturated carbocycles. The van der Waals surface area contributed by atoms with Gasteiger partial charge < -0.3 is 10.1 Å². The lowest BCUT2D eigenvalue weighted by molar-refractivity contribution is -0.140. The van der Waals surface area contributed by atoms with Gasteiger partial charge in [0.2, 0.25) is 0 Å². The van der Waals surface area contributed by atoms with Gasteiger partial charge in [0.25, 0.3) is 0 Å². The van der Waals surface area contributed by atoms with E-state index in [4.69, 9.17) is 0 Å². The number of carbonyl (C=O) groups is 1. The molecule has 1 aromatic carbocycles. The lowest BCUT2D eigenvalue weighted by atomic mass is 9.92. The van der Waals surface area contributed by atoms with E-state index < -0.39 is 23.6 Å². The summed E-state index contributed by atoms with van der Waals surface area (Å²) in [5.74, 6) is -1.35. The van der Waals surface area contributed by atoms with Gasteiger partial charge in [-0.15, -0.1) is 0 Å². The molecule has 0 amide bonds. The number of hydrogen-bond donors (Lipinski definition) is 1. The van der Waals surface area contributed by atoms with Crippen molar-refractivity contribution >= 4 is 6.29 Å². The Balaban J connectivity index is 2.60. The van der Waals surface area contributed by atoms with Crippen LogP contribution >= 0.6 is 0 Å². The summed E-state index contributed by atoms with van der Waals surface area (Å²) in [5, 5.41) is 2.67. The molecule has 92 valence electrons. The van der Waals surface area contributed by atoms with Gasteiger partial charge in [0.05, 0.1) is 11.6 Å². The minimum Gasteiger partial charge on any atom is -0.304 e. The highest BCUT2D eigenvalue weighted by atomic mass is 19.4. The fourth-order valence-electron chi connectivity index (χ4n) is 1.99. The van der Waals surface area contributed by atoms with Gasteiger partial charge in [-0.2, -0.15) is 13.2 Å². The zero-order chi connectivity index (χ0) is 12.6. The molecule has 0 aromatic heterocycles. The van der Waals surface area contributed by atoms with E-state index in [2.05, 4.69) is 5.32 Å². The summed E-state index contributed by atoms with van der Waals surface area (Å²) in [4.78, 5) is 10.7. The minimum absolute atomic E-state index is 0.180. The Hall–Kier alpha value is -1.43. The largest absolute Gasteiger partial charge is 0.419 e. The van der Waals surface area contributed by atoms with Gasteiger partial charge in [0, 0.05) is 12.1 Å². The van der Waals surface area contributed by atoms with Gasteiger partial charge in [0.1, 0.15) is 12.1 Å². The number of halogens is 4. The van der Waals surface area contributed by atoms with Crippen molar-refractivity contribution in [2.45, 2.75) is 18.6 Å². The molecule has 0 saturated heterocycles. The molecule has 1 aromatic rings. The molecular weight excluding hydrogens is 238 g/mol. The Morgan fingerprint density at radius 2 is 2.06 bits per heavy atom. The molecular formula is C11H9F4NO. The van der Waals surface area contributed by atoms with Crippen LogP contribution in [0.2, 0.25) is 0 Å². The number of alkyl halides is 3. The van der Waals surface area contributed by atoms with Crippen molar-refractivity contribution in [3.63, 3.8) is 0 Å². The molecule has 0 radical (unpaired) electrons. The average molecular weight is 247 g/mol. The Kier molecular flexibility index (Phi) is 2.91. The summed E-state index contributed by atoms with van der Waals surface area (Å²) in [7, 11) is 0. The van der Waals surface area contributed by atoms with E-state index in [9.17, 15) is 22.4 Å². The highest BCUT2D eigenvalue weighted by Crippen LogP contribution is 2.36. The van der Waals surface area contributed by atoms with Crippen molar-refractivity contribution in [3.8, 4) is 0 Å². The fourth-order valence-corrected chi connectivity index (χ4v) is 1.99. The third-order valence-corrected chi connectivity index (χ3v) is 2.78. The Morgan fingerprint density at radius 3 is 2.65 bits per heavy atom. The first-order valence-corrected chi connectivity index (χ1v) is 5.02. The maximum absolute atomic E-state index is 13.8. The van der Waals surface area contributed by atoms with Crippen LogP contribution in [0.5, 0.6) is 0 Å². The van der Waals surface area contributed by atoms with Gasteiger partial charge >= 0.3 is 6.18 Å². The molecule has 0 aliphatic carbocycles. The van der Waals surface area contributed by atoms with E-state index in [-0.39, 0.29) is 5.56 Å². The highest BCUT2D eigenvalue weighted by Gasteiger charge is 2.37. The zero-order valence-corrected chi connectivity index (χ0v) is 8.64. The zero-order valence-electron chi connectivity index (χ0n) is 8.64. The van der Waals surface area contributed by atoms with Crippen molar-refractivity contribution in [3.05, 3.63) is 34.6 Å². The van der Waals surface area contributed by atoms with Crippen molar-refractivity contribution in [2.24, 2.45) is 0 Å². The predicted molar refractivity (Wildman–Crippen MR) is 51.9 cm³/mol. The van der Waals surface area contributed by atoms with Gasteiger partial charge in [-0.3, -0.25) is 0 Å². The number of hydrogen-bond acceptors (Lipinski definition) is 2. The second-order valence-corrected chi connectivity index (χ2v) is 3.82. The number of carbonyl (C=O) groups excluding carboxylic acids is 1. The van der Waals surface area contributed by atoms with E-state index in [1.165, 1.54) is 6.07 Å². The second-order valence-electron chi connectivity index (χ2n) is 3.82. The first-order valence-electron chi connectivity index (χ1n) is 5.02. The summed E-state index contributed by atoms with van der Waals surface area (Å²) in [6, 6.07) is 0.959. The van der Waals surface area contributed by atoms with E-state index >= 15 is 0 Å². The van der Waals surface area contributed by atoms with Crippen molar-refractivity contribution < 1.29 is 22.4 Å². The van der Waals surface area contributed by atoms with Crippen LogP contribution in [0.15, 0.2) is 12.1 Å². The number of fused-ring (bicyclic) bond motifs is 1. The number of aldehydes is 1. The Morgan fingerprint density at radius 1 is 1.35 bits per heavy atom. The molecule has 1 unspecified atom stereocenters.